The quantitative estimate of drug-likeness (QED) is 0.130. The lowest BCUT2D eigenvalue weighted by Gasteiger charge is -2.32. The maximum Gasteiger partial charge on any atom is 0.101 e. The van der Waals surface area contributed by atoms with E-state index in [0.29, 0.717) is 16.8 Å². The van der Waals surface area contributed by atoms with E-state index in [1.807, 2.05) is 42.5 Å². The summed E-state index contributed by atoms with van der Waals surface area (Å²) >= 11 is 0. The molecule has 9 aromatic carbocycles. The minimum atomic E-state index is 0.538. The van der Waals surface area contributed by atoms with Gasteiger partial charge in [0.2, 0.25) is 0 Å². The van der Waals surface area contributed by atoms with Gasteiger partial charge in [-0.2, -0.15) is 10.5 Å². The zero-order valence-corrected chi connectivity index (χ0v) is 32.3. The largest absolute Gasteiger partial charge is 0.397 e. The number of rotatable bonds is 7. The first-order chi connectivity index (χ1) is 27.8. The van der Waals surface area contributed by atoms with Crippen molar-refractivity contribution < 1.29 is 0 Å². The Kier molecular flexibility index (Phi) is 8.57. The first kappa shape index (κ1) is 35.1. The molecule has 0 aliphatic heterocycles. The fraction of sp³-hybridized carbons (Fsp3) is 0.0769. The monoisotopic (exact) mass is 733 g/mol. The van der Waals surface area contributed by atoms with Crippen LogP contribution in [0.4, 0.5) is 39.8 Å². The molecule has 0 fully saturated rings. The average Bonchev–Trinajstić information content (AvgIpc) is 3.23. The van der Waals surface area contributed by atoms with Gasteiger partial charge in [0.05, 0.1) is 39.6 Å². The Morgan fingerprint density at radius 2 is 0.930 bits per heavy atom. The number of nitriles is 2. The third-order valence-electron chi connectivity index (χ3n) is 11.1. The van der Waals surface area contributed by atoms with Gasteiger partial charge in [-0.15, -0.1) is 0 Å². The summed E-state index contributed by atoms with van der Waals surface area (Å²) in [6, 6.07) is 57.1. The van der Waals surface area contributed by atoms with Gasteiger partial charge in [-0.1, -0.05) is 120 Å². The van der Waals surface area contributed by atoms with Crippen molar-refractivity contribution in [1.29, 1.82) is 10.5 Å². The van der Waals surface area contributed by atoms with E-state index >= 15 is 0 Å². The molecule has 0 aliphatic carbocycles. The van der Waals surface area contributed by atoms with E-state index in [1.165, 1.54) is 0 Å². The van der Waals surface area contributed by atoms with Crippen LogP contribution in [-0.2, 0) is 0 Å². The SMILES string of the molecule is Cc1ccc(N(c2ccccc2N)c2c(C#N)cc3ccc4c(N(c5ccc(C)cc5C)c5ccccc5-c5ccccc5)c(C#N)cc5ccc2c3c54)c(C)c1. The van der Waals surface area contributed by atoms with Crippen LogP contribution in [0.25, 0.3) is 43.4 Å². The smallest absolute Gasteiger partial charge is 0.101 e. The van der Waals surface area contributed by atoms with Gasteiger partial charge in [0.15, 0.2) is 0 Å². The fourth-order valence-electron chi connectivity index (χ4n) is 8.65. The highest BCUT2D eigenvalue weighted by Gasteiger charge is 2.28. The normalized spacial score (nSPS) is 11.2. The van der Waals surface area contributed by atoms with E-state index in [2.05, 4.69) is 159 Å². The van der Waals surface area contributed by atoms with Gasteiger partial charge in [-0.25, -0.2) is 0 Å². The van der Waals surface area contributed by atoms with Crippen molar-refractivity contribution in [3.63, 3.8) is 0 Å². The lowest BCUT2D eigenvalue weighted by molar-refractivity contribution is 1.24. The molecular weight excluding hydrogens is 695 g/mol. The van der Waals surface area contributed by atoms with E-state index in [0.717, 1.165) is 99.8 Å². The predicted octanol–water partition coefficient (Wildman–Crippen LogP) is 13.7. The van der Waals surface area contributed by atoms with E-state index in [9.17, 15) is 10.5 Å². The highest BCUT2D eigenvalue weighted by molar-refractivity contribution is 6.29. The molecule has 0 bridgehead atoms. The molecule has 0 heterocycles. The molecule has 0 radical (unpaired) electrons. The summed E-state index contributed by atoms with van der Waals surface area (Å²) in [6.07, 6.45) is 0. The Labute approximate surface area is 333 Å². The van der Waals surface area contributed by atoms with Crippen LogP contribution in [0.15, 0.2) is 152 Å². The predicted molar refractivity (Wildman–Crippen MR) is 238 cm³/mol. The minimum absolute atomic E-state index is 0.538. The molecule has 9 rings (SSSR count). The summed E-state index contributed by atoms with van der Waals surface area (Å²) in [5, 5.41) is 27.7. The van der Waals surface area contributed by atoms with E-state index in [4.69, 9.17) is 5.73 Å². The number of benzene rings is 9. The number of nitrogen functional groups attached to an aromatic ring is 1. The highest BCUT2D eigenvalue weighted by Crippen LogP contribution is 2.52. The Hall–Kier alpha value is -7.60. The first-order valence-corrected chi connectivity index (χ1v) is 19.1. The summed E-state index contributed by atoms with van der Waals surface area (Å²) in [6.45, 7) is 8.42. The van der Waals surface area contributed by atoms with Crippen LogP contribution < -0.4 is 15.5 Å². The van der Waals surface area contributed by atoms with Crippen LogP contribution in [0.3, 0.4) is 0 Å². The second-order valence-corrected chi connectivity index (χ2v) is 14.9. The van der Waals surface area contributed by atoms with Crippen molar-refractivity contribution in [3.8, 4) is 23.3 Å². The van der Waals surface area contributed by atoms with Crippen molar-refractivity contribution in [3.05, 3.63) is 185 Å². The molecule has 0 saturated carbocycles. The van der Waals surface area contributed by atoms with Gasteiger partial charge < -0.3 is 15.5 Å². The molecular formula is C52H39N5. The molecule has 0 saturated heterocycles. The van der Waals surface area contributed by atoms with Gasteiger partial charge in [0.1, 0.15) is 12.1 Å². The molecule has 9 aromatic rings. The fourth-order valence-corrected chi connectivity index (χ4v) is 8.65. The Bertz CT molecular complexity index is 3110. The van der Waals surface area contributed by atoms with Crippen LogP contribution in [0.2, 0.25) is 0 Å². The third-order valence-corrected chi connectivity index (χ3v) is 11.1. The van der Waals surface area contributed by atoms with E-state index < -0.39 is 0 Å². The highest BCUT2D eigenvalue weighted by atomic mass is 15.2. The maximum atomic E-state index is 11.0. The Morgan fingerprint density at radius 1 is 0.456 bits per heavy atom. The van der Waals surface area contributed by atoms with Crippen molar-refractivity contribution in [2.75, 3.05) is 15.5 Å². The van der Waals surface area contributed by atoms with Crippen molar-refractivity contribution in [2.24, 2.45) is 0 Å². The molecule has 57 heavy (non-hydrogen) atoms. The third kappa shape index (κ3) is 5.77. The lowest BCUT2D eigenvalue weighted by Crippen LogP contribution is -2.16. The van der Waals surface area contributed by atoms with Crippen LogP contribution >= 0.6 is 0 Å². The number of anilines is 7. The van der Waals surface area contributed by atoms with Crippen LogP contribution in [-0.4, -0.2) is 0 Å². The van der Waals surface area contributed by atoms with Crippen LogP contribution in [0.1, 0.15) is 33.4 Å². The molecule has 0 unspecified atom stereocenters. The Balaban J connectivity index is 1.42. The second-order valence-electron chi connectivity index (χ2n) is 14.9. The number of hydrogen-bond donors (Lipinski definition) is 1. The molecule has 0 aromatic heterocycles. The summed E-state index contributed by atoms with van der Waals surface area (Å²) < 4.78 is 0. The van der Waals surface area contributed by atoms with Crippen molar-refractivity contribution in [2.45, 2.75) is 27.7 Å². The number of aryl methyl sites for hydroxylation is 4. The summed E-state index contributed by atoms with van der Waals surface area (Å²) in [7, 11) is 0. The molecule has 0 atom stereocenters. The summed E-state index contributed by atoms with van der Waals surface area (Å²) in [5.41, 5.74) is 20.3. The van der Waals surface area contributed by atoms with Crippen molar-refractivity contribution in [1.82, 2.24) is 0 Å². The van der Waals surface area contributed by atoms with Gasteiger partial charge >= 0.3 is 0 Å². The number of para-hydroxylation sites is 3. The van der Waals surface area contributed by atoms with E-state index in [-0.39, 0.29) is 0 Å². The molecule has 0 spiro atoms. The molecule has 5 heteroatoms. The number of hydrogen-bond acceptors (Lipinski definition) is 5. The first-order valence-electron chi connectivity index (χ1n) is 19.1. The van der Waals surface area contributed by atoms with Crippen molar-refractivity contribution >= 4 is 72.1 Å². The molecule has 5 nitrogen and oxygen atoms in total. The van der Waals surface area contributed by atoms with Crippen LogP contribution in [0.5, 0.6) is 0 Å². The van der Waals surface area contributed by atoms with Gasteiger partial charge in [0.25, 0.3) is 0 Å². The molecule has 272 valence electrons. The van der Waals surface area contributed by atoms with Gasteiger partial charge in [-0.05, 0) is 108 Å². The lowest BCUT2D eigenvalue weighted by atomic mass is 9.88. The average molecular weight is 734 g/mol. The van der Waals surface area contributed by atoms with Gasteiger partial charge in [0, 0.05) is 27.7 Å². The second kappa shape index (κ2) is 13.9. The zero-order chi connectivity index (χ0) is 39.4. The maximum absolute atomic E-state index is 11.0. The molecule has 2 N–H and O–H groups in total. The minimum Gasteiger partial charge on any atom is -0.397 e. The zero-order valence-electron chi connectivity index (χ0n) is 32.3. The summed E-state index contributed by atoms with van der Waals surface area (Å²) in [5.74, 6) is 0. The topological polar surface area (TPSA) is 80.1 Å². The number of nitrogens with zero attached hydrogens (tertiary/aromatic N) is 4. The van der Waals surface area contributed by atoms with E-state index in [1.54, 1.807) is 0 Å². The number of nitrogens with two attached hydrogens (primary N) is 1. The van der Waals surface area contributed by atoms with Crippen LogP contribution in [0, 0.1) is 50.4 Å². The Morgan fingerprint density at radius 3 is 1.44 bits per heavy atom. The van der Waals surface area contributed by atoms with Gasteiger partial charge in [-0.3, -0.25) is 0 Å². The summed E-state index contributed by atoms with van der Waals surface area (Å²) in [4.78, 5) is 4.42. The standard InChI is InChI=1S/C52H39N5/c1-32-18-24-45(34(3)26-32)56(47-16-10-8-14-41(47)36-12-6-5-7-13-36)51-39(30-53)28-37-21-23-43-50-38(20-22-42(51)49(37)50)29-40(31-54)52(43)57(48-17-11-9-15-44(48)55)46-25-19-33(2)27-35(46)4/h5-29H,55H2,1-4H3. The molecule has 0 aliphatic rings. The molecule has 0 amide bonds.